The van der Waals surface area contributed by atoms with Crippen molar-refractivity contribution in [3.05, 3.63) is 35.9 Å². The third-order valence-electron chi connectivity index (χ3n) is 4.48. The zero-order valence-corrected chi connectivity index (χ0v) is 14.6. The Morgan fingerprint density at radius 2 is 1.76 bits per heavy atom. The van der Waals surface area contributed by atoms with Gasteiger partial charge >= 0.3 is 12.0 Å². The molecule has 25 heavy (non-hydrogen) atoms. The maximum atomic E-state index is 12.4. The predicted octanol–water partition coefficient (Wildman–Crippen LogP) is 1.91. The number of carbonyl (C=O) groups excluding carboxylic acids is 4. The quantitative estimate of drug-likeness (QED) is 0.462. The summed E-state index contributed by atoms with van der Waals surface area (Å²) >= 11 is 0. The van der Waals surface area contributed by atoms with Crippen LogP contribution >= 0.6 is 0 Å². The Labute approximate surface area is 146 Å². The molecule has 1 atom stereocenters. The minimum absolute atomic E-state index is 0.345. The van der Waals surface area contributed by atoms with E-state index in [0.29, 0.717) is 18.4 Å². The second-order valence-corrected chi connectivity index (χ2v) is 5.97. The van der Waals surface area contributed by atoms with Gasteiger partial charge in [0.1, 0.15) is 12.1 Å². The van der Waals surface area contributed by atoms with E-state index in [0.717, 1.165) is 4.90 Å². The second kappa shape index (κ2) is 7.46. The van der Waals surface area contributed by atoms with Crippen molar-refractivity contribution in [1.29, 1.82) is 0 Å². The molecular weight excluding hydrogens is 324 g/mol. The number of rotatable bonds is 7. The highest BCUT2D eigenvalue weighted by atomic mass is 16.5. The molecule has 0 unspecified atom stereocenters. The molecule has 0 aromatic heterocycles. The molecule has 7 heteroatoms. The molecule has 0 spiro atoms. The topological polar surface area (TPSA) is 92.8 Å². The molecule has 1 fully saturated rings. The number of ketones is 1. The van der Waals surface area contributed by atoms with E-state index in [1.807, 2.05) is 0 Å². The van der Waals surface area contributed by atoms with Crippen LogP contribution in [0.2, 0.25) is 0 Å². The normalized spacial score (nSPS) is 17.2. The molecule has 0 aliphatic carbocycles. The van der Waals surface area contributed by atoms with Crippen LogP contribution < -0.4 is 5.32 Å². The number of hydrogen-bond donors (Lipinski definition) is 1. The number of nitrogens with one attached hydrogen (secondary N) is 1. The van der Waals surface area contributed by atoms with Crippen molar-refractivity contribution in [2.75, 3.05) is 6.54 Å². The van der Waals surface area contributed by atoms with E-state index in [-0.39, 0.29) is 5.78 Å². The summed E-state index contributed by atoms with van der Waals surface area (Å²) in [5.41, 5.74) is -0.545. The number of imide groups is 1. The van der Waals surface area contributed by atoms with Crippen LogP contribution in [0.3, 0.4) is 0 Å². The van der Waals surface area contributed by atoms with Gasteiger partial charge in [-0.05, 0) is 19.8 Å². The number of nitrogens with zero attached hydrogens (tertiary/aromatic N) is 1. The molecule has 0 saturated carbocycles. The summed E-state index contributed by atoms with van der Waals surface area (Å²) in [7, 11) is 0. The smallest absolute Gasteiger partial charge is 0.326 e. The van der Waals surface area contributed by atoms with Crippen LogP contribution in [0.1, 0.15) is 44.0 Å². The number of esters is 1. The van der Waals surface area contributed by atoms with Gasteiger partial charge in [0.05, 0.1) is 0 Å². The maximum Gasteiger partial charge on any atom is 0.326 e. The molecule has 3 amide bonds. The summed E-state index contributed by atoms with van der Waals surface area (Å²) in [5.74, 6) is -1.59. The zero-order chi connectivity index (χ0) is 18.6. The van der Waals surface area contributed by atoms with Crippen LogP contribution in [0.15, 0.2) is 30.3 Å². The van der Waals surface area contributed by atoms with E-state index in [9.17, 15) is 19.2 Å². The maximum absolute atomic E-state index is 12.4. The van der Waals surface area contributed by atoms with Gasteiger partial charge in [0, 0.05) is 5.56 Å². The van der Waals surface area contributed by atoms with Crippen LogP contribution in [-0.2, 0) is 14.3 Å². The highest BCUT2D eigenvalue weighted by molar-refractivity contribution is 6.08. The van der Waals surface area contributed by atoms with E-state index in [4.69, 9.17) is 4.74 Å². The van der Waals surface area contributed by atoms with Crippen LogP contribution in [0, 0.1) is 0 Å². The SMILES string of the molecule is CCC1(CC)NC(=O)N(CC(=O)O[C@@H](C)C(=O)c2ccccc2)C1=O. The molecule has 1 aromatic carbocycles. The lowest BCUT2D eigenvalue weighted by Gasteiger charge is -2.23. The van der Waals surface area contributed by atoms with Crippen LogP contribution in [0.25, 0.3) is 0 Å². The van der Waals surface area contributed by atoms with Crippen molar-refractivity contribution in [2.45, 2.75) is 45.3 Å². The minimum atomic E-state index is -1.00. The molecule has 1 saturated heterocycles. The number of carbonyl (C=O) groups is 4. The van der Waals surface area contributed by atoms with Gasteiger partial charge in [-0.3, -0.25) is 19.3 Å². The van der Waals surface area contributed by atoms with Crippen molar-refractivity contribution < 1.29 is 23.9 Å². The third kappa shape index (κ3) is 3.70. The van der Waals surface area contributed by atoms with Gasteiger partial charge in [-0.25, -0.2) is 4.79 Å². The van der Waals surface area contributed by atoms with E-state index in [1.54, 1.807) is 44.2 Å². The van der Waals surface area contributed by atoms with Gasteiger partial charge < -0.3 is 10.1 Å². The van der Waals surface area contributed by atoms with E-state index >= 15 is 0 Å². The van der Waals surface area contributed by atoms with Crippen LogP contribution in [0.5, 0.6) is 0 Å². The van der Waals surface area contributed by atoms with Crippen molar-refractivity contribution in [2.24, 2.45) is 0 Å². The molecule has 1 aliphatic heterocycles. The summed E-state index contributed by atoms with van der Waals surface area (Å²) < 4.78 is 5.10. The lowest BCUT2D eigenvalue weighted by Crippen LogP contribution is -2.46. The van der Waals surface area contributed by atoms with E-state index < -0.39 is 36.1 Å². The fourth-order valence-electron chi connectivity index (χ4n) is 2.80. The molecule has 1 aliphatic rings. The van der Waals surface area contributed by atoms with Gasteiger partial charge in [0.15, 0.2) is 6.10 Å². The van der Waals surface area contributed by atoms with Gasteiger partial charge in [0.2, 0.25) is 5.78 Å². The summed E-state index contributed by atoms with van der Waals surface area (Å²) in [6, 6.07) is 7.84. The van der Waals surface area contributed by atoms with E-state index in [1.165, 1.54) is 6.92 Å². The lowest BCUT2D eigenvalue weighted by molar-refractivity contribution is -0.150. The fraction of sp³-hybridized carbons (Fsp3) is 0.444. The number of hydrogen-bond acceptors (Lipinski definition) is 5. The van der Waals surface area contributed by atoms with Crippen molar-refractivity contribution in [3.8, 4) is 0 Å². The molecule has 1 heterocycles. The summed E-state index contributed by atoms with van der Waals surface area (Å²) in [4.78, 5) is 49.6. The summed E-state index contributed by atoms with van der Waals surface area (Å²) in [6.45, 7) is 4.54. The van der Waals surface area contributed by atoms with E-state index in [2.05, 4.69) is 5.32 Å². The lowest BCUT2D eigenvalue weighted by atomic mass is 9.93. The first-order valence-corrected chi connectivity index (χ1v) is 8.27. The first-order chi connectivity index (χ1) is 11.8. The van der Waals surface area contributed by atoms with Crippen molar-refractivity contribution in [3.63, 3.8) is 0 Å². The standard InChI is InChI=1S/C18H22N2O5/c1-4-18(5-2)16(23)20(17(24)19-18)11-14(21)25-12(3)15(22)13-9-7-6-8-10-13/h6-10,12H,4-5,11H2,1-3H3,(H,19,24)/t12-/m0/s1. The third-order valence-corrected chi connectivity index (χ3v) is 4.48. The van der Waals surface area contributed by atoms with Crippen molar-refractivity contribution in [1.82, 2.24) is 10.2 Å². The molecule has 0 radical (unpaired) electrons. The number of amides is 3. The Morgan fingerprint density at radius 3 is 2.28 bits per heavy atom. The first-order valence-electron chi connectivity index (χ1n) is 8.27. The molecule has 7 nitrogen and oxygen atoms in total. The monoisotopic (exact) mass is 346 g/mol. The van der Waals surface area contributed by atoms with Gasteiger partial charge in [-0.15, -0.1) is 0 Å². The Balaban J connectivity index is 1.99. The zero-order valence-electron chi connectivity index (χ0n) is 14.6. The molecular formula is C18H22N2O5. The molecule has 0 bridgehead atoms. The number of Topliss-reactive ketones (excluding diaryl/α,β-unsaturated/α-hetero) is 1. The summed E-state index contributed by atoms with van der Waals surface area (Å²) in [6.07, 6.45) is -0.136. The highest BCUT2D eigenvalue weighted by Gasteiger charge is 2.49. The Hall–Kier alpha value is -2.70. The second-order valence-electron chi connectivity index (χ2n) is 5.97. The predicted molar refractivity (Wildman–Crippen MR) is 89.9 cm³/mol. The average molecular weight is 346 g/mol. The fourth-order valence-corrected chi connectivity index (χ4v) is 2.80. The molecule has 1 aromatic rings. The molecule has 1 N–H and O–H groups in total. The number of urea groups is 1. The number of ether oxygens (including phenoxy) is 1. The summed E-state index contributed by atoms with van der Waals surface area (Å²) in [5, 5.41) is 2.64. The van der Waals surface area contributed by atoms with Gasteiger partial charge in [-0.2, -0.15) is 0 Å². The number of benzene rings is 1. The Kier molecular flexibility index (Phi) is 5.56. The first kappa shape index (κ1) is 18.6. The highest BCUT2D eigenvalue weighted by Crippen LogP contribution is 2.24. The Bertz CT molecular complexity index is 682. The van der Waals surface area contributed by atoms with Gasteiger partial charge in [-0.1, -0.05) is 44.2 Å². The largest absolute Gasteiger partial charge is 0.453 e. The average Bonchev–Trinajstić information content (AvgIpc) is 2.86. The molecule has 134 valence electrons. The van der Waals surface area contributed by atoms with Crippen LogP contribution in [0.4, 0.5) is 4.79 Å². The molecule has 2 rings (SSSR count). The van der Waals surface area contributed by atoms with Crippen LogP contribution in [-0.4, -0.2) is 46.8 Å². The minimum Gasteiger partial charge on any atom is -0.453 e. The Morgan fingerprint density at radius 1 is 1.16 bits per heavy atom. The van der Waals surface area contributed by atoms with Gasteiger partial charge in [0.25, 0.3) is 5.91 Å². The van der Waals surface area contributed by atoms with Crippen molar-refractivity contribution >= 4 is 23.7 Å².